The van der Waals surface area contributed by atoms with Gasteiger partial charge in [0.25, 0.3) is 5.91 Å². The van der Waals surface area contributed by atoms with Crippen LogP contribution < -0.4 is 19.3 Å². The molecular weight excluding hydrogens is 370 g/mol. The number of anilines is 1. The highest BCUT2D eigenvalue weighted by atomic mass is 16.6. The summed E-state index contributed by atoms with van der Waals surface area (Å²) < 4.78 is 11.8. The average Bonchev–Trinajstić information content (AvgIpc) is 2.78. The smallest absolute Gasteiger partial charge is 0.277 e. The molecule has 1 atom stereocenters. The Morgan fingerprint density at radius 2 is 1.90 bits per heavy atom. The number of ether oxygens (including phenoxy) is 2. The molecule has 2 aromatic rings. The molecule has 0 spiro atoms. The fourth-order valence-electron chi connectivity index (χ4n) is 3.79. The first kappa shape index (κ1) is 19.4. The molecule has 154 valence electrons. The summed E-state index contributed by atoms with van der Waals surface area (Å²) in [7, 11) is 0. The summed E-state index contributed by atoms with van der Waals surface area (Å²) >= 11 is 0. The maximum atomic E-state index is 12.9. The molecule has 0 radical (unpaired) electrons. The van der Waals surface area contributed by atoms with Crippen LogP contribution in [0.5, 0.6) is 11.5 Å². The molecule has 1 amide bonds. The Morgan fingerprint density at radius 1 is 1.17 bits per heavy atom. The van der Waals surface area contributed by atoms with Crippen LogP contribution in [0.1, 0.15) is 6.92 Å². The van der Waals surface area contributed by atoms with Crippen molar-refractivity contribution in [3.63, 3.8) is 0 Å². The van der Waals surface area contributed by atoms with Gasteiger partial charge >= 0.3 is 0 Å². The number of nitrogens with zero attached hydrogens (tertiary/aromatic N) is 4. The van der Waals surface area contributed by atoms with E-state index in [1.807, 2.05) is 42.2 Å². The molecule has 1 fully saturated rings. The van der Waals surface area contributed by atoms with E-state index in [2.05, 4.69) is 14.9 Å². The van der Waals surface area contributed by atoms with Gasteiger partial charge in [0.1, 0.15) is 6.61 Å². The minimum atomic E-state index is -0.143. The highest BCUT2D eigenvalue weighted by Gasteiger charge is 2.28. The van der Waals surface area contributed by atoms with Crippen LogP contribution in [0.25, 0.3) is 0 Å². The Bertz CT molecular complexity index is 811. The summed E-state index contributed by atoms with van der Waals surface area (Å²) in [5.74, 6) is 2.44. The maximum Gasteiger partial charge on any atom is 0.277 e. The number of carbonyl (C=O) groups excluding carboxylic acids is 1. The maximum absolute atomic E-state index is 12.9. The molecule has 29 heavy (non-hydrogen) atoms. The third-order valence-electron chi connectivity index (χ3n) is 5.43. The lowest BCUT2D eigenvalue weighted by Gasteiger charge is -2.34. The average molecular weight is 398 g/mol. The predicted octanol–water partition coefficient (Wildman–Crippen LogP) is -0.130. The summed E-state index contributed by atoms with van der Waals surface area (Å²) in [4.78, 5) is 26.9. The van der Waals surface area contributed by atoms with Crippen molar-refractivity contribution < 1.29 is 19.2 Å². The summed E-state index contributed by atoms with van der Waals surface area (Å²) in [5.41, 5.74) is 0. The molecule has 1 saturated heterocycles. The fourth-order valence-corrected chi connectivity index (χ4v) is 3.79. The van der Waals surface area contributed by atoms with E-state index in [-0.39, 0.29) is 12.0 Å². The monoisotopic (exact) mass is 398 g/mol. The Kier molecular flexibility index (Phi) is 6.09. The highest BCUT2D eigenvalue weighted by Crippen LogP contribution is 2.30. The zero-order valence-electron chi connectivity index (χ0n) is 16.8. The van der Waals surface area contributed by atoms with Gasteiger partial charge in [0, 0.05) is 18.9 Å². The largest absolute Gasteiger partial charge is 0.486 e. The van der Waals surface area contributed by atoms with Crippen molar-refractivity contribution in [3.05, 3.63) is 42.7 Å². The van der Waals surface area contributed by atoms with Crippen LogP contribution in [0.15, 0.2) is 42.7 Å². The van der Waals surface area contributed by atoms with Crippen molar-refractivity contribution in [2.75, 3.05) is 57.3 Å². The molecule has 2 aliphatic heterocycles. The normalized spacial score (nSPS) is 19.1. The number of hydrogen-bond donors (Lipinski definition) is 1. The lowest BCUT2D eigenvalue weighted by atomic mass is 10.2. The Balaban J connectivity index is 1.26. The number of fused-ring (bicyclic) bond motifs is 1. The molecule has 0 saturated carbocycles. The Morgan fingerprint density at radius 3 is 2.62 bits per heavy atom. The molecule has 0 aliphatic carbocycles. The van der Waals surface area contributed by atoms with Crippen molar-refractivity contribution >= 4 is 11.9 Å². The summed E-state index contributed by atoms with van der Waals surface area (Å²) in [6.45, 7) is 7.69. The second-order valence-electron chi connectivity index (χ2n) is 7.39. The zero-order valence-corrected chi connectivity index (χ0v) is 16.8. The molecule has 0 bridgehead atoms. The zero-order chi connectivity index (χ0) is 20.1. The van der Waals surface area contributed by atoms with Crippen molar-refractivity contribution in [3.8, 4) is 11.5 Å². The second-order valence-corrected chi connectivity index (χ2v) is 7.39. The number of aromatic nitrogens is 2. The van der Waals surface area contributed by atoms with Gasteiger partial charge in [-0.05, 0) is 25.1 Å². The molecule has 2 aliphatic rings. The number of rotatable bonds is 6. The summed E-state index contributed by atoms with van der Waals surface area (Å²) in [5, 5.41) is 0. The molecule has 0 unspecified atom stereocenters. The Hall–Kier alpha value is -2.87. The summed E-state index contributed by atoms with van der Waals surface area (Å²) in [6.07, 6.45) is 3.38. The third kappa shape index (κ3) is 4.76. The molecule has 8 heteroatoms. The van der Waals surface area contributed by atoms with E-state index in [0.29, 0.717) is 26.2 Å². The minimum Gasteiger partial charge on any atom is -0.486 e. The number of benzene rings is 1. The van der Waals surface area contributed by atoms with Gasteiger partial charge in [0.2, 0.25) is 5.95 Å². The van der Waals surface area contributed by atoms with Gasteiger partial charge in [-0.3, -0.25) is 4.79 Å². The lowest BCUT2D eigenvalue weighted by molar-refractivity contribution is -0.892. The van der Waals surface area contributed by atoms with E-state index >= 15 is 0 Å². The number of carbonyl (C=O) groups is 1. The van der Waals surface area contributed by atoms with Gasteiger partial charge in [-0.1, -0.05) is 12.1 Å². The van der Waals surface area contributed by atoms with Crippen LogP contribution in [0.3, 0.4) is 0 Å². The molecule has 3 heterocycles. The van der Waals surface area contributed by atoms with Crippen LogP contribution >= 0.6 is 0 Å². The minimum absolute atomic E-state index is 0.143. The van der Waals surface area contributed by atoms with E-state index in [0.717, 1.165) is 43.6 Å². The number of para-hydroxylation sites is 2. The first-order valence-corrected chi connectivity index (χ1v) is 10.2. The number of piperazine rings is 1. The molecule has 4 rings (SSSR count). The Labute approximate surface area is 171 Å². The second kappa shape index (κ2) is 9.09. The van der Waals surface area contributed by atoms with Crippen LogP contribution in [-0.2, 0) is 4.79 Å². The van der Waals surface area contributed by atoms with E-state index in [1.165, 1.54) is 4.90 Å². The SMILES string of the molecule is CCN(C[C@@H]1COc2ccccc2O1)C(=O)C[NH+]1CCN(c2ncccn2)CC1. The van der Waals surface area contributed by atoms with Crippen LogP contribution in [0.4, 0.5) is 5.95 Å². The molecular formula is C21H28N5O3+. The molecule has 1 N–H and O–H groups in total. The van der Waals surface area contributed by atoms with Crippen molar-refractivity contribution in [1.82, 2.24) is 14.9 Å². The number of nitrogens with one attached hydrogen (secondary N) is 1. The number of quaternary nitrogens is 1. The highest BCUT2D eigenvalue weighted by molar-refractivity contribution is 5.77. The topological polar surface area (TPSA) is 72.2 Å². The summed E-state index contributed by atoms with van der Waals surface area (Å²) in [6, 6.07) is 9.48. The van der Waals surface area contributed by atoms with Crippen LogP contribution in [0.2, 0.25) is 0 Å². The predicted molar refractivity (Wildman–Crippen MR) is 108 cm³/mol. The van der Waals surface area contributed by atoms with E-state index in [4.69, 9.17) is 9.47 Å². The lowest BCUT2D eigenvalue weighted by Crippen LogP contribution is -3.16. The van der Waals surface area contributed by atoms with Crippen molar-refractivity contribution in [2.45, 2.75) is 13.0 Å². The first-order valence-electron chi connectivity index (χ1n) is 10.2. The van der Waals surface area contributed by atoms with E-state index in [9.17, 15) is 4.79 Å². The fraction of sp³-hybridized carbons (Fsp3) is 0.476. The first-order chi connectivity index (χ1) is 14.2. The van der Waals surface area contributed by atoms with Crippen molar-refractivity contribution in [1.29, 1.82) is 0 Å². The number of likely N-dealkylation sites (N-methyl/N-ethyl adjacent to an activating group) is 1. The van der Waals surface area contributed by atoms with Gasteiger partial charge in [0.05, 0.1) is 32.7 Å². The van der Waals surface area contributed by atoms with Gasteiger partial charge in [-0.2, -0.15) is 0 Å². The van der Waals surface area contributed by atoms with Gasteiger partial charge in [-0.25, -0.2) is 9.97 Å². The molecule has 8 nitrogen and oxygen atoms in total. The van der Waals surface area contributed by atoms with Crippen LogP contribution in [0, 0.1) is 0 Å². The van der Waals surface area contributed by atoms with Gasteiger partial charge in [-0.15, -0.1) is 0 Å². The molecule has 1 aromatic heterocycles. The number of amides is 1. The molecule has 1 aromatic carbocycles. The van der Waals surface area contributed by atoms with Crippen molar-refractivity contribution in [2.24, 2.45) is 0 Å². The van der Waals surface area contributed by atoms with Gasteiger partial charge in [0.15, 0.2) is 24.1 Å². The van der Waals surface area contributed by atoms with E-state index < -0.39 is 0 Å². The van der Waals surface area contributed by atoms with E-state index in [1.54, 1.807) is 12.4 Å². The van der Waals surface area contributed by atoms with Gasteiger partial charge < -0.3 is 24.2 Å². The third-order valence-corrected chi connectivity index (χ3v) is 5.43. The van der Waals surface area contributed by atoms with Crippen LogP contribution in [-0.4, -0.2) is 79.3 Å². The standard InChI is InChI=1S/C21H27N5O3/c1-2-25(14-17-16-28-18-6-3-4-7-19(18)29-17)20(27)15-24-10-12-26(13-11-24)21-22-8-5-9-23-21/h3-9,17H,2,10-16H2,1H3/p+1/t17-/m1/s1. The quantitative estimate of drug-likeness (QED) is 0.731. The number of hydrogen-bond acceptors (Lipinski definition) is 6.